The average Bonchev–Trinajstić information content (AvgIpc) is 3.27. The molecule has 2 N–H and O–H groups in total. The summed E-state index contributed by atoms with van der Waals surface area (Å²) in [6.07, 6.45) is 13.9. The molecule has 0 fully saturated rings. The van der Waals surface area contributed by atoms with Crippen molar-refractivity contribution in [2.45, 2.75) is 124 Å². The van der Waals surface area contributed by atoms with Crippen LogP contribution in [-0.4, -0.2) is 24.1 Å². The molecule has 3 rings (SSSR count). The molecule has 0 spiro atoms. The normalized spacial score (nSPS) is 20.3. The van der Waals surface area contributed by atoms with Gasteiger partial charge in [-0.1, -0.05) is 77.3 Å². The average molecular weight is 569 g/mol. The number of thiol groups is 1. The maximum absolute atomic E-state index is 11.7. The summed E-state index contributed by atoms with van der Waals surface area (Å²) in [6.45, 7) is 28.0. The van der Waals surface area contributed by atoms with Crippen molar-refractivity contribution in [3.05, 3.63) is 83.1 Å². The smallest absolute Gasteiger partial charge is 0.165 e. The predicted molar refractivity (Wildman–Crippen MR) is 183 cm³/mol. The number of hydrogen-bond acceptors (Lipinski definition) is 4. The summed E-state index contributed by atoms with van der Waals surface area (Å²) >= 11 is 4.63. The van der Waals surface area contributed by atoms with Crippen LogP contribution in [-0.2, 0) is 17.8 Å². The highest BCUT2D eigenvalue weighted by atomic mass is 32.1. The molecular weight excluding hydrogens is 508 g/mol. The quantitative estimate of drug-likeness (QED) is 0.108. The Bertz CT molecular complexity index is 946. The first-order chi connectivity index (χ1) is 19.3. The molecule has 1 aliphatic carbocycles. The summed E-state index contributed by atoms with van der Waals surface area (Å²) in [6, 6.07) is 5.09. The molecule has 1 aliphatic heterocycles. The van der Waals surface area contributed by atoms with Crippen molar-refractivity contribution in [1.82, 2.24) is 10.6 Å². The number of carbonyl (C=O) groups excluding carboxylic acids is 1. The molecular formula is C36H60N2OS. The van der Waals surface area contributed by atoms with E-state index in [2.05, 4.69) is 95.8 Å². The highest BCUT2D eigenvalue weighted by molar-refractivity contribution is 7.81. The Morgan fingerprint density at radius 3 is 2.38 bits per heavy atom. The second-order valence-electron chi connectivity index (χ2n) is 10.7. The van der Waals surface area contributed by atoms with Crippen molar-refractivity contribution in [1.29, 1.82) is 0 Å². The Kier molecular flexibility index (Phi) is 20.6. The SMILES string of the molecule is C=C.C=CC.CC.CCCCCc1cc(C)c(C2C=C(C)CCC2)c(CNCC2=C(C=O)NC(C(C)S)C2C)c1. The monoisotopic (exact) mass is 568 g/mol. The van der Waals surface area contributed by atoms with Gasteiger partial charge in [0.1, 0.15) is 0 Å². The van der Waals surface area contributed by atoms with E-state index in [1.807, 2.05) is 20.8 Å². The Labute approximate surface area is 253 Å². The molecule has 3 nitrogen and oxygen atoms in total. The van der Waals surface area contributed by atoms with Crippen LogP contribution in [0.2, 0.25) is 0 Å². The van der Waals surface area contributed by atoms with Gasteiger partial charge in [0, 0.05) is 36.2 Å². The maximum Gasteiger partial charge on any atom is 0.165 e. The molecule has 0 saturated carbocycles. The lowest BCUT2D eigenvalue weighted by atomic mass is 9.81. The number of benzene rings is 1. The van der Waals surface area contributed by atoms with Crippen LogP contribution in [0, 0.1) is 12.8 Å². The minimum absolute atomic E-state index is 0.197. The van der Waals surface area contributed by atoms with E-state index in [1.54, 1.807) is 6.08 Å². The third kappa shape index (κ3) is 11.8. The van der Waals surface area contributed by atoms with Gasteiger partial charge in [-0.15, -0.1) is 19.7 Å². The first-order valence-corrected chi connectivity index (χ1v) is 16.0. The fourth-order valence-electron chi connectivity index (χ4n) is 5.79. The van der Waals surface area contributed by atoms with Gasteiger partial charge in [0.25, 0.3) is 0 Å². The van der Waals surface area contributed by atoms with Crippen LogP contribution in [0.25, 0.3) is 0 Å². The molecule has 0 saturated heterocycles. The summed E-state index contributed by atoms with van der Waals surface area (Å²) in [5.41, 5.74) is 9.30. The van der Waals surface area contributed by atoms with Gasteiger partial charge in [-0.25, -0.2) is 0 Å². The van der Waals surface area contributed by atoms with Crippen molar-refractivity contribution < 1.29 is 4.79 Å². The lowest BCUT2D eigenvalue weighted by Gasteiger charge is -2.26. The topological polar surface area (TPSA) is 41.1 Å². The van der Waals surface area contributed by atoms with E-state index in [1.165, 1.54) is 71.9 Å². The van der Waals surface area contributed by atoms with Gasteiger partial charge in [-0.3, -0.25) is 4.79 Å². The van der Waals surface area contributed by atoms with E-state index < -0.39 is 0 Å². The van der Waals surface area contributed by atoms with E-state index in [9.17, 15) is 4.79 Å². The van der Waals surface area contributed by atoms with Crippen LogP contribution in [0.4, 0.5) is 0 Å². The highest BCUT2D eigenvalue weighted by Crippen LogP contribution is 2.36. The Balaban J connectivity index is 0.00000199. The molecule has 226 valence electrons. The first kappa shape index (κ1) is 38.0. The molecule has 0 radical (unpaired) electrons. The van der Waals surface area contributed by atoms with Crippen molar-refractivity contribution in [2.75, 3.05) is 6.54 Å². The minimum Gasteiger partial charge on any atom is -0.378 e. The number of allylic oxidation sites excluding steroid dienone is 4. The Morgan fingerprint density at radius 2 is 1.82 bits per heavy atom. The van der Waals surface area contributed by atoms with Gasteiger partial charge in [0.05, 0.1) is 5.70 Å². The Hall–Kier alpha value is -2.04. The summed E-state index contributed by atoms with van der Waals surface area (Å²) < 4.78 is 0. The van der Waals surface area contributed by atoms with E-state index in [4.69, 9.17) is 0 Å². The zero-order valence-corrected chi connectivity index (χ0v) is 27.9. The molecule has 4 heteroatoms. The predicted octanol–water partition coefficient (Wildman–Crippen LogP) is 9.43. The van der Waals surface area contributed by atoms with E-state index in [0.717, 1.165) is 31.5 Å². The van der Waals surface area contributed by atoms with Crippen LogP contribution in [0.15, 0.2) is 60.9 Å². The van der Waals surface area contributed by atoms with Gasteiger partial charge < -0.3 is 10.6 Å². The van der Waals surface area contributed by atoms with Crippen LogP contribution in [0.3, 0.4) is 0 Å². The lowest BCUT2D eigenvalue weighted by Crippen LogP contribution is -2.35. The molecule has 40 heavy (non-hydrogen) atoms. The van der Waals surface area contributed by atoms with E-state index >= 15 is 0 Å². The van der Waals surface area contributed by atoms with Crippen LogP contribution >= 0.6 is 12.6 Å². The summed E-state index contributed by atoms with van der Waals surface area (Å²) in [4.78, 5) is 11.7. The number of aryl methyl sites for hydroxylation is 2. The number of unbranched alkanes of at least 4 members (excludes halogenated alkanes) is 2. The number of rotatable bonds is 11. The summed E-state index contributed by atoms with van der Waals surface area (Å²) in [7, 11) is 0. The number of aldehydes is 1. The molecule has 0 bridgehead atoms. The molecule has 1 aromatic rings. The van der Waals surface area contributed by atoms with Gasteiger partial charge in [-0.05, 0) is 80.7 Å². The highest BCUT2D eigenvalue weighted by Gasteiger charge is 2.33. The molecule has 1 aromatic carbocycles. The van der Waals surface area contributed by atoms with E-state index in [0.29, 0.717) is 11.8 Å². The maximum atomic E-state index is 11.7. The number of carbonyl (C=O) groups is 1. The van der Waals surface area contributed by atoms with Crippen LogP contribution < -0.4 is 10.6 Å². The van der Waals surface area contributed by atoms with E-state index in [-0.39, 0.29) is 11.3 Å². The molecule has 2 aliphatic rings. The fraction of sp³-hybridized carbons (Fsp3) is 0.583. The third-order valence-electron chi connectivity index (χ3n) is 7.57. The lowest BCUT2D eigenvalue weighted by molar-refractivity contribution is -0.105. The zero-order chi connectivity index (χ0) is 30.7. The minimum atomic E-state index is 0.197. The van der Waals surface area contributed by atoms with Crippen LogP contribution in [0.5, 0.6) is 0 Å². The molecule has 0 aromatic heterocycles. The molecule has 1 heterocycles. The van der Waals surface area contributed by atoms with Crippen molar-refractivity contribution >= 4 is 18.9 Å². The largest absolute Gasteiger partial charge is 0.378 e. The first-order valence-electron chi connectivity index (χ1n) is 15.5. The zero-order valence-electron chi connectivity index (χ0n) is 27.0. The van der Waals surface area contributed by atoms with Gasteiger partial charge in [0.15, 0.2) is 6.29 Å². The van der Waals surface area contributed by atoms with Crippen LogP contribution in [0.1, 0.15) is 115 Å². The number of nitrogens with one attached hydrogen (secondary N) is 2. The molecule has 0 amide bonds. The van der Waals surface area contributed by atoms with Gasteiger partial charge >= 0.3 is 0 Å². The Morgan fingerprint density at radius 1 is 1.18 bits per heavy atom. The number of hydrogen-bond donors (Lipinski definition) is 3. The standard InChI is InChI=1S/C29H44N2OS.C3H6.C2H6.C2H4/c1-6-7-8-11-23-14-20(3)28(24-12-9-10-19(2)13-24)25(15-23)16-30-17-26-21(4)29(22(5)33)31-27(26)18-32;1-3-2;2*1-2/h13-15,18,21-22,24,29-31,33H,6-12,16-17H2,1-5H3;3H,1H2,2H3;1-2H3;1-2H2. The fourth-order valence-corrected chi connectivity index (χ4v) is 6.12. The second-order valence-corrected chi connectivity index (χ2v) is 11.5. The van der Waals surface area contributed by atoms with Gasteiger partial charge in [0.2, 0.25) is 0 Å². The molecule has 4 unspecified atom stereocenters. The molecule has 4 atom stereocenters. The third-order valence-corrected chi connectivity index (χ3v) is 7.89. The summed E-state index contributed by atoms with van der Waals surface area (Å²) in [5, 5.41) is 7.30. The second kappa shape index (κ2) is 21.7. The van der Waals surface area contributed by atoms with Crippen molar-refractivity contribution in [3.8, 4) is 0 Å². The van der Waals surface area contributed by atoms with Crippen molar-refractivity contribution in [2.24, 2.45) is 5.92 Å². The van der Waals surface area contributed by atoms with Crippen molar-refractivity contribution in [3.63, 3.8) is 0 Å². The summed E-state index contributed by atoms with van der Waals surface area (Å²) in [5.74, 6) is 0.821. The van der Waals surface area contributed by atoms with Gasteiger partial charge in [-0.2, -0.15) is 12.6 Å².